The summed E-state index contributed by atoms with van der Waals surface area (Å²) in [7, 11) is 0. The van der Waals surface area contributed by atoms with Crippen LogP contribution in [0.1, 0.15) is 31.4 Å². The SMILES string of the molecule is CC(NCC1CCC(=O)N1)c1ccc(F)cc1Cl. The zero-order valence-electron chi connectivity index (χ0n) is 10.2. The third kappa shape index (κ3) is 3.21. The van der Waals surface area contributed by atoms with E-state index in [1.807, 2.05) is 6.92 Å². The van der Waals surface area contributed by atoms with Gasteiger partial charge in [-0.2, -0.15) is 0 Å². The second kappa shape index (κ2) is 5.67. The molecule has 0 saturated carbocycles. The maximum Gasteiger partial charge on any atom is 0.220 e. The molecule has 0 aliphatic carbocycles. The van der Waals surface area contributed by atoms with Crippen molar-refractivity contribution in [3.63, 3.8) is 0 Å². The zero-order chi connectivity index (χ0) is 13.1. The maximum atomic E-state index is 12.9. The van der Waals surface area contributed by atoms with E-state index < -0.39 is 0 Å². The van der Waals surface area contributed by atoms with Crippen molar-refractivity contribution in [3.05, 3.63) is 34.6 Å². The lowest BCUT2D eigenvalue weighted by molar-refractivity contribution is -0.119. The van der Waals surface area contributed by atoms with Crippen LogP contribution >= 0.6 is 11.6 Å². The van der Waals surface area contributed by atoms with E-state index in [4.69, 9.17) is 11.6 Å². The first-order chi connectivity index (χ1) is 8.56. The van der Waals surface area contributed by atoms with Crippen LogP contribution in [-0.4, -0.2) is 18.5 Å². The van der Waals surface area contributed by atoms with Gasteiger partial charge in [0.15, 0.2) is 0 Å². The van der Waals surface area contributed by atoms with Crippen molar-refractivity contribution in [1.29, 1.82) is 0 Å². The summed E-state index contributed by atoms with van der Waals surface area (Å²) in [5.74, 6) is -0.228. The van der Waals surface area contributed by atoms with E-state index in [9.17, 15) is 9.18 Å². The molecule has 2 N–H and O–H groups in total. The maximum absolute atomic E-state index is 12.9. The summed E-state index contributed by atoms with van der Waals surface area (Å²) in [6.07, 6.45) is 1.45. The van der Waals surface area contributed by atoms with Crippen molar-refractivity contribution in [2.45, 2.75) is 31.8 Å². The minimum atomic E-state index is -0.334. The molecule has 0 radical (unpaired) electrons. The molecule has 1 heterocycles. The molecule has 18 heavy (non-hydrogen) atoms. The highest BCUT2D eigenvalue weighted by atomic mass is 35.5. The topological polar surface area (TPSA) is 41.1 Å². The Bertz CT molecular complexity index is 453. The fourth-order valence-corrected chi connectivity index (χ4v) is 2.44. The van der Waals surface area contributed by atoms with Crippen LogP contribution in [0.3, 0.4) is 0 Å². The van der Waals surface area contributed by atoms with Gasteiger partial charge in [0.05, 0.1) is 0 Å². The number of hydrogen-bond donors (Lipinski definition) is 2. The van der Waals surface area contributed by atoms with E-state index in [0.717, 1.165) is 12.0 Å². The molecule has 1 aliphatic rings. The molecule has 1 aromatic carbocycles. The Kier molecular flexibility index (Phi) is 4.19. The van der Waals surface area contributed by atoms with Crippen LogP contribution in [0, 0.1) is 5.82 Å². The van der Waals surface area contributed by atoms with Crippen LogP contribution in [-0.2, 0) is 4.79 Å². The van der Waals surface area contributed by atoms with Crippen molar-refractivity contribution in [1.82, 2.24) is 10.6 Å². The number of amides is 1. The Hall–Kier alpha value is -1.13. The first-order valence-corrected chi connectivity index (χ1v) is 6.42. The van der Waals surface area contributed by atoms with Crippen molar-refractivity contribution >= 4 is 17.5 Å². The third-order valence-electron chi connectivity index (χ3n) is 3.18. The normalized spacial score (nSPS) is 20.8. The lowest BCUT2D eigenvalue weighted by atomic mass is 10.1. The molecule has 2 rings (SSSR count). The second-order valence-electron chi connectivity index (χ2n) is 4.60. The van der Waals surface area contributed by atoms with Crippen molar-refractivity contribution in [2.75, 3.05) is 6.54 Å². The van der Waals surface area contributed by atoms with Gasteiger partial charge in [-0.15, -0.1) is 0 Å². The Morgan fingerprint density at radius 3 is 3.00 bits per heavy atom. The molecular weight excluding hydrogens is 255 g/mol. The van der Waals surface area contributed by atoms with E-state index >= 15 is 0 Å². The predicted molar refractivity (Wildman–Crippen MR) is 69.0 cm³/mol. The van der Waals surface area contributed by atoms with E-state index in [1.54, 1.807) is 6.07 Å². The molecule has 1 saturated heterocycles. The van der Waals surface area contributed by atoms with Gasteiger partial charge in [0.1, 0.15) is 5.82 Å². The monoisotopic (exact) mass is 270 g/mol. The molecule has 2 unspecified atom stereocenters. The lowest BCUT2D eigenvalue weighted by Gasteiger charge is -2.18. The standard InChI is InChI=1S/C13H16ClFN2O/c1-8(11-4-2-9(15)6-12(11)14)16-7-10-3-5-13(18)17-10/h2,4,6,8,10,16H,3,5,7H2,1H3,(H,17,18). The number of nitrogens with one attached hydrogen (secondary N) is 2. The number of carbonyl (C=O) groups excluding carboxylic acids is 1. The zero-order valence-corrected chi connectivity index (χ0v) is 10.9. The van der Waals surface area contributed by atoms with Gasteiger partial charge in [0.25, 0.3) is 0 Å². The molecule has 2 atom stereocenters. The Morgan fingerprint density at radius 1 is 1.61 bits per heavy atom. The number of hydrogen-bond acceptors (Lipinski definition) is 2. The summed E-state index contributed by atoms with van der Waals surface area (Å²) in [6, 6.07) is 4.60. The lowest BCUT2D eigenvalue weighted by Crippen LogP contribution is -2.36. The van der Waals surface area contributed by atoms with E-state index in [2.05, 4.69) is 10.6 Å². The quantitative estimate of drug-likeness (QED) is 0.882. The highest BCUT2D eigenvalue weighted by Gasteiger charge is 2.21. The average Bonchev–Trinajstić information content (AvgIpc) is 2.72. The molecule has 0 bridgehead atoms. The first kappa shape index (κ1) is 13.3. The molecule has 3 nitrogen and oxygen atoms in total. The molecule has 1 aliphatic heterocycles. The molecule has 0 spiro atoms. The van der Waals surface area contributed by atoms with Crippen molar-refractivity contribution in [3.8, 4) is 0 Å². The summed E-state index contributed by atoms with van der Waals surface area (Å²) in [4.78, 5) is 11.1. The van der Waals surface area contributed by atoms with E-state index in [1.165, 1.54) is 12.1 Å². The Morgan fingerprint density at radius 2 is 2.39 bits per heavy atom. The van der Waals surface area contributed by atoms with Gasteiger partial charge in [-0.05, 0) is 31.0 Å². The van der Waals surface area contributed by atoms with Crippen LogP contribution in [0.4, 0.5) is 4.39 Å². The number of halogens is 2. The van der Waals surface area contributed by atoms with Crippen LogP contribution in [0.5, 0.6) is 0 Å². The van der Waals surface area contributed by atoms with Gasteiger partial charge in [-0.1, -0.05) is 17.7 Å². The van der Waals surface area contributed by atoms with E-state index in [-0.39, 0.29) is 23.8 Å². The smallest absolute Gasteiger partial charge is 0.220 e. The molecule has 1 aromatic rings. The highest BCUT2D eigenvalue weighted by Crippen LogP contribution is 2.23. The number of benzene rings is 1. The molecule has 1 amide bonds. The van der Waals surface area contributed by atoms with Gasteiger partial charge in [-0.3, -0.25) is 4.79 Å². The minimum absolute atomic E-state index is 0.0237. The second-order valence-corrected chi connectivity index (χ2v) is 5.01. The number of carbonyl (C=O) groups is 1. The molecular formula is C13H16ClFN2O. The largest absolute Gasteiger partial charge is 0.352 e. The van der Waals surface area contributed by atoms with Gasteiger partial charge in [0.2, 0.25) is 5.91 Å². The molecule has 98 valence electrons. The summed E-state index contributed by atoms with van der Waals surface area (Å²) >= 11 is 5.99. The van der Waals surface area contributed by atoms with Gasteiger partial charge < -0.3 is 10.6 Å². The molecule has 0 aromatic heterocycles. The van der Waals surface area contributed by atoms with Gasteiger partial charge in [-0.25, -0.2) is 4.39 Å². The van der Waals surface area contributed by atoms with Crippen LogP contribution in [0.25, 0.3) is 0 Å². The predicted octanol–water partition coefficient (Wildman–Crippen LogP) is 2.41. The van der Waals surface area contributed by atoms with Crippen molar-refractivity contribution in [2.24, 2.45) is 0 Å². The number of rotatable bonds is 4. The summed E-state index contributed by atoms with van der Waals surface area (Å²) in [5, 5.41) is 6.61. The summed E-state index contributed by atoms with van der Waals surface area (Å²) in [6.45, 7) is 2.66. The highest BCUT2D eigenvalue weighted by molar-refractivity contribution is 6.31. The van der Waals surface area contributed by atoms with Crippen molar-refractivity contribution < 1.29 is 9.18 Å². The van der Waals surface area contributed by atoms with Crippen LogP contribution in [0.15, 0.2) is 18.2 Å². The Balaban J connectivity index is 1.91. The fourth-order valence-electron chi connectivity index (χ4n) is 2.11. The van der Waals surface area contributed by atoms with Gasteiger partial charge in [0, 0.05) is 30.1 Å². The average molecular weight is 271 g/mol. The minimum Gasteiger partial charge on any atom is -0.352 e. The van der Waals surface area contributed by atoms with E-state index in [0.29, 0.717) is 18.0 Å². The molecule has 1 fully saturated rings. The summed E-state index contributed by atoms with van der Waals surface area (Å²) in [5.41, 5.74) is 0.863. The first-order valence-electron chi connectivity index (χ1n) is 6.04. The third-order valence-corrected chi connectivity index (χ3v) is 3.51. The van der Waals surface area contributed by atoms with Crippen LogP contribution in [0.2, 0.25) is 5.02 Å². The Labute approximate surface area is 111 Å². The van der Waals surface area contributed by atoms with Gasteiger partial charge >= 0.3 is 0 Å². The summed E-state index contributed by atoms with van der Waals surface area (Å²) < 4.78 is 12.9. The van der Waals surface area contributed by atoms with Crippen LogP contribution < -0.4 is 10.6 Å². The fraction of sp³-hybridized carbons (Fsp3) is 0.462. The molecule has 5 heteroatoms.